The van der Waals surface area contributed by atoms with Gasteiger partial charge in [0, 0.05) is 15.7 Å². The first-order chi connectivity index (χ1) is 14.6. The van der Waals surface area contributed by atoms with Crippen molar-refractivity contribution >= 4 is 33.6 Å². The first-order valence-corrected chi connectivity index (χ1v) is 10.4. The number of para-hydroxylation sites is 1. The summed E-state index contributed by atoms with van der Waals surface area (Å²) in [6, 6.07) is 24.8. The number of benzene rings is 3. The third-order valence-electron chi connectivity index (χ3n) is 4.51. The second kappa shape index (κ2) is 10.4. The minimum atomic E-state index is -0.454. The highest BCUT2D eigenvalue weighted by atomic mass is 79.9. The molecule has 3 aromatic carbocycles. The van der Waals surface area contributed by atoms with Gasteiger partial charge < -0.3 is 10.1 Å². The quantitative estimate of drug-likeness (QED) is 0.340. The highest BCUT2D eigenvalue weighted by Gasteiger charge is 2.11. The molecule has 0 aliphatic heterocycles. The van der Waals surface area contributed by atoms with Crippen LogP contribution < -0.4 is 10.1 Å². The van der Waals surface area contributed by atoms with E-state index in [0.717, 1.165) is 16.5 Å². The van der Waals surface area contributed by atoms with Crippen LogP contribution in [-0.4, -0.2) is 5.91 Å². The fourth-order valence-electron chi connectivity index (χ4n) is 2.80. The molecule has 0 aliphatic carbocycles. The Kier molecular flexibility index (Phi) is 7.42. The second-order valence-corrected chi connectivity index (χ2v) is 7.54. The molecule has 0 saturated heterocycles. The fraction of sp³-hybridized carbons (Fsp3) is 0.120. The predicted molar refractivity (Wildman–Crippen MR) is 123 cm³/mol. The van der Waals surface area contributed by atoms with Crippen molar-refractivity contribution in [3.8, 4) is 11.8 Å². The molecule has 0 aromatic heterocycles. The summed E-state index contributed by atoms with van der Waals surface area (Å²) >= 11 is 3.42. The molecular weight excluding hydrogens is 440 g/mol. The van der Waals surface area contributed by atoms with Crippen LogP contribution in [0.15, 0.2) is 82.8 Å². The fourth-order valence-corrected chi connectivity index (χ4v) is 3.06. The van der Waals surface area contributed by atoms with Crippen LogP contribution in [0.3, 0.4) is 0 Å². The van der Waals surface area contributed by atoms with Crippen LogP contribution in [0.1, 0.15) is 23.6 Å². The molecule has 1 N–H and O–H groups in total. The van der Waals surface area contributed by atoms with Gasteiger partial charge in [-0.1, -0.05) is 65.3 Å². The van der Waals surface area contributed by atoms with Gasteiger partial charge in [-0.25, -0.2) is 0 Å². The zero-order chi connectivity index (χ0) is 21.3. The zero-order valence-corrected chi connectivity index (χ0v) is 18.1. The zero-order valence-electron chi connectivity index (χ0n) is 16.6. The van der Waals surface area contributed by atoms with Crippen LogP contribution in [0.4, 0.5) is 5.69 Å². The van der Waals surface area contributed by atoms with E-state index in [1.807, 2.05) is 78.9 Å². The lowest BCUT2D eigenvalue weighted by atomic mass is 10.1. The summed E-state index contributed by atoms with van der Waals surface area (Å²) in [5, 5.41) is 12.3. The van der Waals surface area contributed by atoms with Gasteiger partial charge in [0.05, 0.1) is 0 Å². The molecule has 0 fully saturated rings. The number of amides is 1. The van der Waals surface area contributed by atoms with Crippen molar-refractivity contribution in [2.24, 2.45) is 0 Å². The third kappa shape index (κ3) is 5.82. The molecule has 150 valence electrons. The number of carbonyl (C=O) groups is 1. The number of ether oxygens (including phenoxy) is 1. The number of hydrogen-bond acceptors (Lipinski definition) is 3. The van der Waals surface area contributed by atoms with Gasteiger partial charge in [-0.2, -0.15) is 5.26 Å². The smallest absolute Gasteiger partial charge is 0.266 e. The van der Waals surface area contributed by atoms with E-state index in [1.165, 1.54) is 5.56 Å². The van der Waals surface area contributed by atoms with Gasteiger partial charge in [-0.15, -0.1) is 0 Å². The average molecular weight is 461 g/mol. The van der Waals surface area contributed by atoms with Crippen molar-refractivity contribution in [1.82, 2.24) is 0 Å². The number of aryl methyl sites for hydroxylation is 1. The monoisotopic (exact) mass is 460 g/mol. The number of nitrogens with zero attached hydrogens (tertiary/aromatic N) is 1. The number of anilines is 1. The maximum Gasteiger partial charge on any atom is 0.266 e. The summed E-state index contributed by atoms with van der Waals surface area (Å²) in [4.78, 5) is 12.6. The predicted octanol–water partition coefficient (Wildman–Crippen LogP) is 6.14. The van der Waals surface area contributed by atoms with E-state index in [-0.39, 0.29) is 5.57 Å². The van der Waals surface area contributed by atoms with E-state index >= 15 is 0 Å². The van der Waals surface area contributed by atoms with Crippen LogP contribution in [0.2, 0.25) is 0 Å². The molecule has 3 aromatic rings. The summed E-state index contributed by atoms with van der Waals surface area (Å²) in [7, 11) is 0. The van der Waals surface area contributed by atoms with E-state index in [4.69, 9.17) is 4.74 Å². The summed E-state index contributed by atoms with van der Waals surface area (Å²) < 4.78 is 6.93. The first kappa shape index (κ1) is 21.4. The van der Waals surface area contributed by atoms with Gasteiger partial charge in [-0.3, -0.25) is 4.79 Å². The Morgan fingerprint density at radius 3 is 2.37 bits per heavy atom. The Hall–Kier alpha value is -3.36. The SMILES string of the molecule is CCc1ccc(NC(=O)/C(C#N)=C/c2ccccc2OCc2ccc(Br)cc2)cc1. The molecule has 30 heavy (non-hydrogen) atoms. The van der Waals surface area contributed by atoms with Gasteiger partial charge >= 0.3 is 0 Å². The van der Waals surface area contributed by atoms with Crippen LogP contribution in [0.5, 0.6) is 5.75 Å². The van der Waals surface area contributed by atoms with E-state index in [1.54, 1.807) is 6.08 Å². The molecule has 5 heteroatoms. The summed E-state index contributed by atoms with van der Waals surface area (Å²) in [6.07, 6.45) is 2.47. The standard InChI is InChI=1S/C25H21BrN2O2/c1-2-18-9-13-23(14-10-18)28-25(29)21(16-27)15-20-5-3-4-6-24(20)30-17-19-7-11-22(26)12-8-19/h3-15H,2,17H2,1H3,(H,28,29)/b21-15+. The van der Waals surface area contributed by atoms with Crippen LogP contribution in [0.25, 0.3) is 6.08 Å². The minimum absolute atomic E-state index is 0.00857. The molecule has 0 spiro atoms. The molecule has 0 aliphatic rings. The van der Waals surface area contributed by atoms with Gasteiger partial charge in [0.2, 0.25) is 0 Å². The van der Waals surface area contributed by atoms with Crippen LogP contribution >= 0.6 is 15.9 Å². The van der Waals surface area contributed by atoms with Gasteiger partial charge in [-0.05, 0) is 54.0 Å². The maximum absolute atomic E-state index is 12.6. The highest BCUT2D eigenvalue weighted by Crippen LogP contribution is 2.23. The molecule has 0 heterocycles. The summed E-state index contributed by atoms with van der Waals surface area (Å²) in [6.45, 7) is 2.45. The van der Waals surface area contributed by atoms with Crippen molar-refractivity contribution in [3.05, 3.63) is 99.5 Å². The molecule has 0 atom stereocenters. The molecule has 0 bridgehead atoms. The Balaban J connectivity index is 1.75. The van der Waals surface area contributed by atoms with Gasteiger partial charge in [0.15, 0.2) is 0 Å². The first-order valence-electron chi connectivity index (χ1n) is 9.57. The Bertz CT molecular complexity index is 1080. The minimum Gasteiger partial charge on any atom is -0.488 e. The van der Waals surface area contributed by atoms with Crippen molar-refractivity contribution in [3.63, 3.8) is 0 Å². The number of nitriles is 1. The molecule has 3 rings (SSSR count). The van der Waals surface area contributed by atoms with E-state index in [9.17, 15) is 10.1 Å². The van der Waals surface area contributed by atoms with E-state index in [0.29, 0.717) is 23.6 Å². The normalized spacial score (nSPS) is 10.9. The van der Waals surface area contributed by atoms with Crippen LogP contribution in [0, 0.1) is 11.3 Å². The second-order valence-electron chi connectivity index (χ2n) is 6.63. The third-order valence-corrected chi connectivity index (χ3v) is 5.04. The molecule has 4 nitrogen and oxygen atoms in total. The van der Waals surface area contributed by atoms with Crippen molar-refractivity contribution < 1.29 is 9.53 Å². The molecule has 0 saturated carbocycles. The van der Waals surface area contributed by atoms with E-state index < -0.39 is 5.91 Å². The van der Waals surface area contributed by atoms with E-state index in [2.05, 4.69) is 28.2 Å². The topological polar surface area (TPSA) is 62.1 Å². The average Bonchev–Trinajstić information content (AvgIpc) is 2.78. The van der Waals surface area contributed by atoms with Gasteiger partial charge in [0.1, 0.15) is 24.0 Å². The number of carbonyl (C=O) groups excluding carboxylic acids is 1. The molecule has 0 radical (unpaired) electrons. The Labute approximate surface area is 184 Å². The lowest BCUT2D eigenvalue weighted by molar-refractivity contribution is -0.112. The summed E-state index contributed by atoms with van der Waals surface area (Å²) in [5.41, 5.74) is 3.53. The van der Waals surface area contributed by atoms with Crippen molar-refractivity contribution in [2.75, 3.05) is 5.32 Å². The number of hydrogen-bond donors (Lipinski definition) is 1. The van der Waals surface area contributed by atoms with Crippen molar-refractivity contribution in [2.45, 2.75) is 20.0 Å². The van der Waals surface area contributed by atoms with Crippen LogP contribution in [-0.2, 0) is 17.8 Å². The van der Waals surface area contributed by atoms with Gasteiger partial charge in [0.25, 0.3) is 5.91 Å². The number of nitrogens with one attached hydrogen (secondary N) is 1. The lowest BCUT2D eigenvalue weighted by Gasteiger charge is -2.10. The molecular formula is C25H21BrN2O2. The molecule has 0 unspecified atom stereocenters. The largest absolute Gasteiger partial charge is 0.488 e. The summed E-state index contributed by atoms with van der Waals surface area (Å²) in [5.74, 6) is 0.151. The maximum atomic E-state index is 12.6. The molecule has 1 amide bonds. The lowest BCUT2D eigenvalue weighted by Crippen LogP contribution is -2.13. The Morgan fingerprint density at radius 1 is 1.03 bits per heavy atom. The highest BCUT2D eigenvalue weighted by molar-refractivity contribution is 9.10. The Morgan fingerprint density at radius 2 is 1.70 bits per heavy atom. The number of rotatable bonds is 7. The number of halogens is 1. The van der Waals surface area contributed by atoms with Crippen molar-refractivity contribution in [1.29, 1.82) is 5.26 Å².